The first kappa shape index (κ1) is 36.2. The minimum atomic E-state index is -3.87. The number of carbonyl (C=O) groups is 2. The lowest BCUT2D eigenvalue weighted by molar-refractivity contribution is -0.131. The average molecular weight is 666 g/mol. The van der Waals surface area contributed by atoms with Crippen molar-refractivity contribution in [1.82, 2.24) is 19.8 Å². The van der Waals surface area contributed by atoms with Crippen molar-refractivity contribution in [1.29, 1.82) is 0 Å². The Labute approximate surface area is 278 Å². The molecular formula is C35H47N5O6S. The number of nitrogens with zero attached hydrogens (tertiary/aromatic N) is 2. The summed E-state index contributed by atoms with van der Waals surface area (Å²) in [6, 6.07) is 23.4. The molecule has 0 spiro atoms. The van der Waals surface area contributed by atoms with Gasteiger partial charge in [-0.25, -0.2) is 18.1 Å². The summed E-state index contributed by atoms with van der Waals surface area (Å²) in [5, 5.41) is 16.1. The van der Waals surface area contributed by atoms with Crippen molar-refractivity contribution >= 4 is 22.0 Å². The van der Waals surface area contributed by atoms with E-state index in [2.05, 4.69) is 10.6 Å². The third kappa shape index (κ3) is 9.04. The zero-order valence-electron chi connectivity index (χ0n) is 27.3. The molecule has 1 aliphatic heterocycles. The Bertz CT molecular complexity index is 1500. The first-order chi connectivity index (χ1) is 22.6. The van der Waals surface area contributed by atoms with Gasteiger partial charge in [0.1, 0.15) is 0 Å². The van der Waals surface area contributed by atoms with Gasteiger partial charge in [-0.2, -0.15) is 4.31 Å². The quantitative estimate of drug-likeness (QED) is 0.192. The number of aliphatic hydroxyl groups is 1. The summed E-state index contributed by atoms with van der Waals surface area (Å²) in [5.41, 5.74) is 8.95. The summed E-state index contributed by atoms with van der Waals surface area (Å²) in [7, 11) is -2.65. The molecule has 0 aromatic heterocycles. The normalized spacial score (nSPS) is 17.3. The average Bonchev–Trinajstić information content (AvgIpc) is 3.54. The van der Waals surface area contributed by atoms with E-state index < -0.39 is 40.0 Å². The summed E-state index contributed by atoms with van der Waals surface area (Å²) in [6.07, 6.45) is -0.148. The molecular weight excluding hydrogens is 618 g/mol. The van der Waals surface area contributed by atoms with Gasteiger partial charge in [0.2, 0.25) is 15.9 Å². The maximum atomic E-state index is 13.9. The molecule has 4 rings (SSSR count). The van der Waals surface area contributed by atoms with Gasteiger partial charge in [-0.3, -0.25) is 4.79 Å². The Morgan fingerprint density at radius 1 is 0.957 bits per heavy atom. The van der Waals surface area contributed by atoms with Crippen LogP contribution < -0.4 is 16.4 Å². The van der Waals surface area contributed by atoms with Crippen molar-refractivity contribution in [3.8, 4) is 0 Å². The van der Waals surface area contributed by atoms with E-state index in [-0.39, 0.29) is 36.6 Å². The molecule has 5 N–H and O–H groups in total. The van der Waals surface area contributed by atoms with Crippen LogP contribution in [0.4, 0.5) is 4.79 Å². The third-order valence-corrected chi connectivity index (χ3v) is 10.5. The summed E-state index contributed by atoms with van der Waals surface area (Å²) in [6.45, 7) is 5.35. The lowest BCUT2D eigenvalue weighted by atomic mass is 9.85. The SMILES string of the molecule is COC(=O)N(CCN[C@@H]1CNC[C@H]1N(CCC(C)C)S(=O)(=O)c1ccc(CO)cc1)C(=O)[C@@H](N)C(c1ccccc1)c1ccccc1. The number of benzene rings is 3. The van der Waals surface area contributed by atoms with Gasteiger partial charge >= 0.3 is 6.09 Å². The van der Waals surface area contributed by atoms with Crippen molar-refractivity contribution in [3.05, 3.63) is 102 Å². The van der Waals surface area contributed by atoms with Gasteiger partial charge in [-0.15, -0.1) is 0 Å². The Morgan fingerprint density at radius 2 is 1.55 bits per heavy atom. The van der Waals surface area contributed by atoms with E-state index in [1.807, 2.05) is 74.5 Å². The van der Waals surface area contributed by atoms with Gasteiger partial charge in [-0.1, -0.05) is 86.6 Å². The van der Waals surface area contributed by atoms with Crippen molar-refractivity contribution in [2.24, 2.45) is 11.7 Å². The van der Waals surface area contributed by atoms with Crippen LogP contribution in [-0.4, -0.2) is 92.7 Å². The van der Waals surface area contributed by atoms with Crippen LogP contribution in [0, 0.1) is 5.92 Å². The molecule has 47 heavy (non-hydrogen) atoms. The molecule has 11 nitrogen and oxygen atoms in total. The number of ether oxygens (including phenoxy) is 1. The van der Waals surface area contributed by atoms with Crippen LogP contribution in [0.25, 0.3) is 0 Å². The van der Waals surface area contributed by atoms with Crippen LogP contribution >= 0.6 is 0 Å². The first-order valence-corrected chi connectivity index (χ1v) is 17.4. The van der Waals surface area contributed by atoms with Gasteiger partial charge in [-0.05, 0) is 41.2 Å². The van der Waals surface area contributed by atoms with Crippen LogP contribution in [0.1, 0.15) is 42.9 Å². The Balaban J connectivity index is 1.51. The fraction of sp³-hybridized carbons (Fsp3) is 0.429. The molecule has 1 saturated heterocycles. The zero-order chi connectivity index (χ0) is 34.0. The van der Waals surface area contributed by atoms with Gasteiger partial charge < -0.3 is 26.2 Å². The highest BCUT2D eigenvalue weighted by Gasteiger charge is 2.39. The van der Waals surface area contributed by atoms with E-state index in [9.17, 15) is 23.1 Å². The summed E-state index contributed by atoms with van der Waals surface area (Å²) in [5.74, 6) is -0.797. The largest absolute Gasteiger partial charge is 0.452 e. The van der Waals surface area contributed by atoms with Gasteiger partial charge in [0.05, 0.1) is 30.7 Å². The second-order valence-electron chi connectivity index (χ2n) is 12.2. The lowest BCUT2D eigenvalue weighted by Gasteiger charge is -2.33. The highest BCUT2D eigenvalue weighted by Crippen LogP contribution is 2.28. The Kier molecular flexibility index (Phi) is 13.1. The number of nitrogens with one attached hydrogen (secondary N) is 2. The highest BCUT2D eigenvalue weighted by atomic mass is 32.2. The number of amides is 2. The zero-order valence-corrected chi connectivity index (χ0v) is 28.1. The molecule has 3 aromatic carbocycles. The second kappa shape index (κ2) is 17.0. The van der Waals surface area contributed by atoms with Crippen molar-refractivity contribution in [2.75, 3.05) is 39.8 Å². The lowest BCUT2D eigenvalue weighted by Crippen LogP contribution is -2.55. The molecule has 3 atom stereocenters. The van der Waals surface area contributed by atoms with Crippen LogP contribution in [0.5, 0.6) is 0 Å². The molecule has 2 amide bonds. The number of nitrogens with two attached hydrogens (primary N) is 1. The maximum absolute atomic E-state index is 13.9. The number of rotatable bonds is 15. The smallest absolute Gasteiger partial charge is 0.416 e. The topological polar surface area (TPSA) is 154 Å². The van der Waals surface area contributed by atoms with E-state index in [1.54, 1.807) is 16.4 Å². The molecule has 12 heteroatoms. The Morgan fingerprint density at radius 3 is 2.09 bits per heavy atom. The number of sulfonamides is 1. The number of hydrogen-bond donors (Lipinski definition) is 4. The van der Waals surface area contributed by atoms with Crippen molar-refractivity contribution in [2.45, 2.75) is 55.8 Å². The van der Waals surface area contributed by atoms with E-state index in [0.717, 1.165) is 16.0 Å². The van der Waals surface area contributed by atoms with Crippen LogP contribution in [0.3, 0.4) is 0 Å². The van der Waals surface area contributed by atoms with Crippen LogP contribution in [0.2, 0.25) is 0 Å². The highest BCUT2D eigenvalue weighted by molar-refractivity contribution is 7.89. The molecule has 0 unspecified atom stereocenters. The van der Waals surface area contributed by atoms with E-state index in [1.165, 1.54) is 19.2 Å². The summed E-state index contributed by atoms with van der Waals surface area (Å²) < 4.78 is 34.4. The molecule has 254 valence electrons. The number of carbonyl (C=O) groups excluding carboxylic acids is 2. The second-order valence-corrected chi connectivity index (χ2v) is 14.1. The first-order valence-electron chi connectivity index (χ1n) is 16.0. The monoisotopic (exact) mass is 665 g/mol. The standard InChI is InChI=1S/C35H47N5O6S/c1-25(2)18-20-40(47(44,45)29-16-14-26(24-41)15-17-29)31-23-37-22-30(31)38-19-21-39(35(43)46-3)34(42)33(36)32(27-10-6-4-7-11-27)28-12-8-5-9-13-28/h4-17,25,30-33,37-38,41H,18-24,36H2,1-3H3/t30-,31-,33+/m1/s1. The van der Waals surface area contributed by atoms with Crippen LogP contribution in [0.15, 0.2) is 89.8 Å². The molecule has 1 fully saturated rings. The predicted octanol–water partition coefficient (Wildman–Crippen LogP) is 2.90. The van der Waals surface area contributed by atoms with Gasteiger partial charge in [0.25, 0.3) is 0 Å². The van der Waals surface area contributed by atoms with Crippen molar-refractivity contribution in [3.63, 3.8) is 0 Å². The number of aliphatic hydroxyl groups excluding tert-OH is 1. The minimum Gasteiger partial charge on any atom is -0.452 e. The molecule has 0 bridgehead atoms. The molecule has 3 aromatic rings. The van der Waals surface area contributed by atoms with Gasteiger partial charge in [0.15, 0.2) is 0 Å². The Hall–Kier alpha value is -3.65. The summed E-state index contributed by atoms with van der Waals surface area (Å²) >= 11 is 0. The van der Waals surface area contributed by atoms with Gasteiger partial charge in [0, 0.05) is 44.7 Å². The van der Waals surface area contributed by atoms with Crippen LogP contribution in [-0.2, 0) is 26.2 Å². The predicted molar refractivity (Wildman–Crippen MR) is 181 cm³/mol. The fourth-order valence-electron chi connectivity index (χ4n) is 5.94. The maximum Gasteiger partial charge on any atom is 0.416 e. The van der Waals surface area contributed by atoms with E-state index in [0.29, 0.717) is 31.6 Å². The number of methoxy groups -OCH3 is 1. The summed E-state index contributed by atoms with van der Waals surface area (Å²) in [4.78, 5) is 28.0. The number of imide groups is 1. The molecule has 0 radical (unpaired) electrons. The fourth-order valence-corrected chi connectivity index (χ4v) is 7.62. The van der Waals surface area contributed by atoms with Crippen molar-refractivity contribution < 1.29 is 27.9 Å². The third-order valence-electron chi connectivity index (χ3n) is 8.56. The molecule has 0 aliphatic carbocycles. The minimum absolute atomic E-state index is 0.0277. The molecule has 0 saturated carbocycles. The number of hydrogen-bond acceptors (Lipinski definition) is 9. The van der Waals surface area contributed by atoms with E-state index >= 15 is 0 Å². The molecule has 1 aliphatic rings. The molecule has 1 heterocycles. The van der Waals surface area contributed by atoms with E-state index in [4.69, 9.17) is 10.5 Å².